The number of hydrogen-bond donors (Lipinski definition) is 3. The third-order valence-corrected chi connectivity index (χ3v) is 5.92. The van der Waals surface area contributed by atoms with Crippen LogP contribution in [0.25, 0.3) is 0 Å². The van der Waals surface area contributed by atoms with Crippen LogP contribution in [0.4, 0.5) is 16.6 Å². The molecule has 0 radical (unpaired) electrons. The number of nitrogen functional groups attached to an aromatic ring is 1. The van der Waals surface area contributed by atoms with E-state index in [1.54, 1.807) is 17.2 Å². The number of rotatable bonds is 6. The van der Waals surface area contributed by atoms with Crippen molar-refractivity contribution in [2.75, 3.05) is 36.9 Å². The number of carboxylic acid groups (broad SMARTS) is 1. The minimum Gasteiger partial charge on any atom is -0.483 e. The Kier molecular flexibility index (Phi) is 7.78. The Labute approximate surface area is 191 Å². The molecule has 0 unspecified atom stereocenters. The van der Waals surface area contributed by atoms with Gasteiger partial charge in [-0.05, 0) is 30.9 Å². The summed E-state index contributed by atoms with van der Waals surface area (Å²) in [5, 5.41) is 16.1. The number of anilines is 2. The van der Waals surface area contributed by atoms with E-state index in [1.165, 1.54) is 4.90 Å². The van der Waals surface area contributed by atoms with Gasteiger partial charge in [-0.15, -0.1) is 0 Å². The number of nitrogens with zero attached hydrogens (tertiary/aromatic N) is 5. The SMILES string of the molecule is Nc1nccc(N2CCC3(CC2)C(=O)N(CCCO)C(=O)N3Cc2ccccc2)n1.O=CO. The van der Waals surface area contributed by atoms with Crippen molar-refractivity contribution in [3.63, 3.8) is 0 Å². The third kappa shape index (κ3) is 5.03. The Morgan fingerprint density at radius 3 is 2.39 bits per heavy atom. The summed E-state index contributed by atoms with van der Waals surface area (Å²) in [6, 6.07) is 11.2. The highest BCUT2D eigenvalue weighted by Gasteiger charge is 2.57. The van der Waals surface area contributed by atoms with Gasteiger partial charge in [0.05, 0.1) is 0 Å². The number of aliphatic hydroxyl groups is 1. The molecule has 11 nitrogen and oxygen atoms in total. The van der Waals surface area contributed by atoms with E-state index in [2.05, 4.69) is 14.9 Å². The zero-order valence-electron chi connectivity index (χ0n) is 18.2. The molecule has 1 aromatic heterocycles. The zero-order valence-corrected chi connectivity index (χ0v) is 18.2. The smallest absolute Gasteiger partial charge is 0.327 e. The number of nitrogens with two attached hydrogens (primary N) is 1. The summed E-state index contributed by atoms with van der Waals surface area (Å²) in [5.74, 6) is 0.764. The second-order valence-electron chi connectivity index (χ2n) is 7.79. The molecule has 2 aliphatic heterocycles. The quantitative estimate of drug-likeness (QED) is 0.426. The van der Waals surface area contributed by atoms with Crippen molar-refractivity contribution in [3.8, 4) is 0 Å². The minimum absolute atomic E-state index is 0.0638. The van der Waals surface area contributed by atoms with E-state index in [4.69, 9.17) is 15.6 Å². The molecule has 0 aliphatic carbocycles. The number of hydrogen-bond acceptors (Lipinski definition) is 8. The van der Waals surface area contributed by atoms with E-state index >= 15 is 0 Å². The van der Waals surface area contributed by atoms with E-state index < -0.39 is 5.54 Å². The second kappa shape index (κ2) is 10.7. The monoisotopic (exact) mass is 456 g/mol. The number of amides is 3. The summed E-state index contributed by atoms with van der Waals surface area (Å²) >= 11 is 0. The molecular formula is C22H28N6O5. The first-order chi connectivity index (χ1) is 16.0. The fourth-order valence-corrected chi connectivity index (χ4v) is 4.32. The van der Waals surface area contributed by atoms with Crippen LogP contribution < -0.4 is 10.6 Å². The lowest BCUT2D eigenvalue weighted by molar-refractivity contribution is -0.134. The van der Waals surface area contributed by atoms with E-state index in [1.807, 2.05) is 30.3 Å². The fraction of sp³-hybridized carbons (Fsp3) is 0.409. The van der Waals surface area contributed by atoms with Crippen molar-refractivity contribution in [3.05, 3.63) is 48.2 Å². The van der Waals surface area contributed by atoms with Gasteiger partial charge in [0.25, 0.3) is 12.4 Å². The number of aromatic nitrogens is 2. The highest BCUT2D eigenvalue weighted by Crippen LogP contribution is 2.39. The van der Waals surface area contributed by atoms with Crippen LogP contribution >= 0.6 is 0 Å². The molecule has 0 atom stereocenters. The molecule has 2 aromatic rings. The first-order valence-corrected chi connectivity index (χ1v) is 10.7. The predicted octanol–water partition coefficient (Wildman–Crippen LogP) is 0.945. The highest BCUT2D eigenvalue weighted by molar-refractivity contribution is 6.07. The normalized spacial score (nSPS) is 17.2. The Hall–Kier alpha value is -3.73. The van der Waals surface area contributed by atoms with E-state index in [0.717, 1.165) is 11.4 Å². The predicted molar refractivity (Wildman–Crippen MR) is 120 cm³/mol. The number of imide groups is 1. The van der Waals surface area contributed by atoms with E-state index in [0.29, 0.717) is 38.9 Å². The van der Waals surface area contributed by atoms with Crippen molar-refractivity contribution in [2.45, 2.75) is 31.3 Å². The van der Waals surface area contributed by atoms with Crippen LogP contribution in [0, 0.1) is 0 Å². The molecule has 176 valence electrons. The molecular weight excluding hydrogens is 428 g/mol. The summed E-state index contributed by atoms with van der Waals surface area (Å²) in [6.07, 6.45) is 3.00. The zero-order chi connectivity index (χ0) is 23.8. The van der Waals surface area contributed by atoms with Crippen LogP contribution in [0.2, 0.25) is 0 Å². The molecule has 11 heteroatoms. The Bertz CT molecular complexity index is 965. The first kappa shape index (κ1) is 23.9. The molecule has 2 aliphatic rings. The number of piperidine rings is 1. The fourth-order valence-electron chi connectivity index (χ4n) is 4.32. The summed E-state index contributed by atoms with van der Waals surface area (Å²) in [5.41, 5.74) is 5.81. The average molecular weight is 457 g/mol. The molecule has 33 heavy (non-hydrogen) atoms. The van der Waals surface area contributed by atoms with Crippen LogP contribution in [0.15, 0.2) is 42.6 Å². The van der Waals surface area contributed by atoms with Gasteiger partial charge < -0.3 is 25.7 Å². The van der Waals surface area contributed by atoms with Gasteiger partial charge in [0.1, 0.15) is 11.4 Å². The van der Waals surface area contributed by atoms with Crippen molar-refractivity contribution >= 4 is 30.2 Å². The van der Waals surface area contributed by atoms with Crippen LogP contribution in [0.1, 0.15) is 24.8 Å². The lowest BCUT2D eigenvalue weighted by Gasteiger charge is -2.42. The average Bonchev–Trinajstić information content (AvgIpc) is 3.00. The number of carbonyl (C=O) groups excluding carboxylic acids is 2. The van der Waals surface area contributed by atoms with Crippen LogP contribution in [-0.2, 0) is 16.1 Å². The third-order valence-electron chi connectivity index (χ3n) is 5.92. The maximum absolute atomic E-state index is 13.4. The van der Waals surface area contributed by atoms with Gasteiger partial charge in [0, 0.05) is 39.0 Å². The Morgan fingerprint density at radius 1 is 1.12 bits per heavy atom. The molecule has 3 heterocycles. The molecule has 0 bridgehead atoms. The molecule has 0 saturated carbocycles. The summed E-state index contributed by atoms with van der Waals surface area (Å²) in [4.78, 5) is 48.3. The standard InChI is InChI=1S/C21H26N6O3.CH2O2/c22-19-23-10-7-17(24-19)25-12-8-21(9-13-25)18(29)26(11-4-14-28)20(30)27(21)15-16-5-2-1-3-6-16;2-1-3/h1-3,5-7,10,28H,4,8-9,11-15H2,(H2,22,23,24);1H,(H,2,3). The maximum Gasteiger partial charge on any atom is 0.327 e. The van der Waals surface area contributed by atoms with Crippen LogP contribution in [-0.4, -0.2) is 80.2 Å². The molecule has 3 amide bonds. The Morgan fingerprint density at radius 2 is 1.79 bits per heavy atom. The van der Waals surface area contributed by atoms with Crippen molar-refractivity contribution in [2.24, 2.45) is 0 Å². The molecule has 2 fully saturated rings. The molecule has 1 spiro atoms. The number of aliphatic hydroxyl groups excluding tert-OH is 1. The summed E-state index contributed by atoms with van der Waals surface area (Å²) in [7, 11) is 0. The van der Waals surface area contributed by atoms with Gasteiger partial charge in [-0.2, -0.15) is 4.98 Å². The summed E-state index contributed by atoms with van der Waals surface area (Å²) < 4.78 is 0. The number of urea groups is 1. The van der Waals surface area contributed by atoms with Crippen LogP contribution in [0.5, 0.6) is 0 Å². The molecule has 4 N–H and O–H groups in total. The largest absolute Gasteiger partial charge is 0.483 e. The van der Waals surface area contributed by atoms with E-state index in [-0.39, 0.29) is 37.5 Å². The minimum atomic E-state index is -0.878. The first-order valence-electron chi connectivity index (χ1n) is 10.7. The van der Waals surface area contributed by atoms with E-state index in [9.17, 15) is 14.7 Å². The topological polar surface area (TPSA) is 153 Å². The van der Waals surface area contributed by atoms with Gasteiger partial charge in [-0.3, -0.25) is 14.5 Å². The van der Waals surface area contributed by atoms with Crippen LogP contribution in [0.3, 0.4) is 0 Å². The maximum atomic E-state index is 13.4. The molecule has 1 aromatic carbocycles. The number of carbonyl (C=O) groups is 3. The lowest BCUT2D eigenvalue weighted by atomic mass is 9.85. The lowest BCUT2D eigenvalue weighted by Crippen LogP contribution is -2.56. The van der Waals surface area contributed by atoms with Gasteiger partial charge in [0.2, 0.25) is 5.95 Å². The summed E-state index contributed by atoms with van der Waals surface area (Å²) in [6.45, 7) is 1.45. The number of benzene rings is 1. The molecule has 4 rings (SSSR count). The van der Waals surface area contributed by atoms with Crippen molar-refractivity contribution in [1.29, 1.82) is 0 Å². The molecule has 2 saturated heterocycles. The second-order valence-corrected chi connectivity index (χ2v) is 7.79. The highest BCUT2D eigenvalue weighted by atomic mass is 16.3. The van der Waals surface area contributed by atoms with Gasteiger partial charge in [0.15, 0.2) is 0 Å². The van der Waals surface area contributed by atoms with Crippen molar-refractivity contribution < 1.29 is 24.6 Å². The van der Waals surface area contributed by atoms with Gasteiger partial charge >= 0.3 is 6.03 Å². The van der Waals surface area contributed by atoms with Gasteiger partial charge in [-0.1, -0.05) is 30.3 Å². The Balaban J connectivity index is 0.000000968. The van der Waals surface area contributed by atoms with Crippen molar-refractivity contribution in [1.82, 2.24) is 19.8 Å². The van der Waals surface area contributed by atoms with Gasteiger partial charge in [-0.25, -0.2) is 9.78 Å².